The Labute approximate surface area is 124 Å². The third-order valence-corrected chi connectivity index (χ3v) is 4.97. The summed E-state index contributed by atoms with van der Waals surface area (Å²) >= 11 is 0. The Hall–Kier alpha value is -1.81. The van der Waals surface area contributed by atoms with Crippen molar-refractivity contribution in [3.8, 4) is 5.75 Å². The average molecular weight is 283 g/mol. The molecule has 0 amide bonds. The summed E-state index contributed by atoms with van der Waals surface area (Å²) in [6.07, 6.45) is 7.77. The van der Waals surface area contributed by atoms with Crippen molar-refractivity contribution < 1.29 is 4.74 Å². The van der Waals surface area contributed by atoms with Crippen LogP contribution >= 0.6 is 0 Å². The number of hydrogen-bond donors (Lipinski definition) is 1. The Kier molecular flexibility index (Phi) is 3.00. The molecule has 1 aromatic carbocycles. The molecule has 2 atom stereocenters. The number of fused-ring (bicyclic) bond motifs is 2. The first kappa shape index (κ1) is 12.9. The number of ether oxygens (including phenoxy) is 1. The van der Waals surface area contributed by atoms with Crippen LogP contribution in [0.1, 0.15) is 47.4 Å². The number of aromatic nitrogens is 2. The maximum atomic E-state index is 6.53. The predicted molar refractivity (Wildman–Crippen MR) is 81.5 cm³/mol. The van der Waals surface area contributed by atoms with E-state index in [0.717, 1.165) is 25.0 Å². The minimum Gasteiger partial charge on any atom is -0.497 e. The van der Waals surface area contributed by atoms with Crippen molar-refractivity contribution in [2.75, 3.05) is 7.11 Å². The molecule has 2 N–H and O–H groups in total. The molecular weight excluding hydrogens is 262 g/mol. The Morgan fingerprint density at radius 3 is 3.00 bits per heavy atom. The van der Waals surface area contributed by atoms with Crippen LogP contribution in [0.15, 0.2) is 24.5 Å². The zero-order valence-corrected chi connectivity index (χ0v) is 12.4. The van der Waals surface area contributed by atoms with Crippen molar-refractivity contribution in [2.45, 2.75) is 44.2 Å². The van der Waals surface area contributed by atoms with Crippen LogP contribution in [0.25, 0.3) is 0 Å². The quantitative estimate of drug-likeness (QED) is 0.921. The molecular formula is C17H21N3O. The molecule has 0 saturated carbocycles. The molecule has 0 bridgehead atoms. The van der Waals surface area contributed by atoms with Crippen molar-refractivity contribution in [3.63, 3.8) is 0 Å². The molecule has 110 valence electrons. The Morgan fingerprint density at radius 1 is 1.29 bits per heavy atom. The lowest BCUT2D eigenvalue weighted by Gasteiger charge is -2.22. The monoisotopic (exact) mass is 283 g/mol. The van der Waals surface area contributed by atoms with Gasteiger partial charge in [0, 0.05) is 5.69 Å². The molecule has 2 aliphatic carbocycles. The molecule has 0 aliphatic heterocycles. The zero-order chi connectivity index (χ0) is 14.4. The SMILES string of the molecule is COc1ccc2c(c1)C(N)C(n1cnc3c1CCCC3)C2. The van der Waals surface area contributed by atoms with Crippen molar-refractivity contribution in [1.82, 2.24) is 9.55 Å². The van der Waals surface area contributed by atoms with E-state index in [9.17, 15) is 0 Å². The van der Waals surface area contributed by atoms with Crippen molar-refractivity contribution in [3.05, 3.63) is 47.0 Å². The fraction of sp³-hybridized carbons (Fsp3) is 0.471. The van der Waals surface area contributed by atoms with Crippen LogP contribution in [0.4, 0.5) is 0 Å². The fourth-order valence-corrected chi connectivity index (χ4v) is 3.81. The fourth-order valence-electron chi connectivity index (χ4n) is 3.81. The number of aryl methyl sites for hydroxylation is 1. The lowest BCUT2D eigenvalue weighted by molar-refractivity contribution is 0.411. The standard InChI is InChI=1S/C17H21N3O/c1-21-12-7-6-11-8-16(17(18)13(11)9-12)20-10-19-14-4-2-3-5-15(14)20/h6-7,9-10,16-17H,2-5,8,18H2,1H3. The van der Waals surface area contributed by atoms with Gasteiger partial charge in [0.2, 0.25) is 0 Å². The van der Waals surface area contributed by atoms with Gasteiger partial charge in [-0.15, -0.1) is 0 Å². The number of nitrogens with two attached hydrogens (primary N) is 1. The highest BCUT2D eigenvalue weighted by Crippen LogP contribution is 2.40. The number of nitrogens with zero attached hydrogens (tertiary/aromatic N) is 2. The molecule has 0 fully saturated rings. The lowest BCUT2D eigenvalue weighted by Crippen LogP contribution is -2.22. The van der Waals surface area contributed by atoms with E-state index < -0.39 is 0 Å². The van der Waals surface area contributed by atoms with E-state index in [2.05, 4.69) is 21.7 Å². The maximum Gasteiger partial charge on any atom is 0.119 e. The second-order valence-electron chi connectivity index (χ2n) is 6.11. The first-order valence-corrected chi connectivity index (χ1v) is 7.75. The highest BCUT2D eigenvalue weighted by molar-refractivity contribution is 5.42. The third-order valence-electron chi connectivity index (χ3n) is 4.97. The van der Waals surface area contributed by atoms with Gasteiger partial charge in [-0.1, -0.05) is 6.07 Å². The van der Waals surface area contributed by atoms with Crippen molar-refractivity contribution in [2.24, 2.45) is 5.73 Å². The van der Waals surface area contributed by atoms with Crippen LogP contribution in [0.3, 0.4) is 0 Å². The Balaban J connectivity index is 1.70. The van der Waals surface area contributed by atoms with Gasteiger partial charge in [0.1, 0.15) is 5.75 Å². The van der Waals surface area contributed by atoms with Gasteiger partial charge >= 0.3 is 0 Å². The molecule has 4 rings (SSSR count). The van der Waals surface area contributed by atoms with Crippen molar-refractivity contribution >= 4 is 0 Å². The number of rotatable bonds is 2. The van der Waals surface area contributed by atoms with Crippen LogP contribution in [-0.4, -0.2) is 16.7 Å². The number of methoxy groups -OCH3 is 1. The minimum absolute atomic E-state index is 0.0235. The molecule has 0 saturated heterocycles. The van der Waals surface area contributed by atoms with E-state index in [1.165, 1.54) is 35.4 Å². The third kappa shape index (κ3) is 1.97. The molecule has 2 aromatic rings. The highest BCUT2D eigenvalue weighted by atomic mass is 16.5. The molecule has 4 nitrogen and oxygen atoms in total. The topological polar surface area (TPSA) is 53.1 Å². The van der Waals surface area contributed by atoms with Gasteiger partial charge in [0.25, 0.3) is 0 Å². The largest absolute Gasteiger partial charge is 0.497 e. The molecule has 2 unspecified atom stereocenters. The van der Waals surface area contributed by atoms with Gasteiger partial charge in [-0.05, 0) is 55.4 Å². The van der Waals surface area contributed by atoms with E-state index in [4.69, 9.17) is 10.5 Å². The van der Waals surface area contributed by atoms with Gasteiger partial charge < -0.3 is 15.0 Å². The van der Waals surface area contributed by atoms with E-state index >= 15 is 0 Å². The molecule has 1 aromatic heterocycles. The zero-order valence-electron chi connectivity index (χ0n) is 12.4. The van der Waals surface area contributed by atoms with E-state index in [-0.39, 0.29) is 6.04 Å². The predicted octanol–water partition coefficient (Wildman–Crippen LogP) is 2.57. The van der Waals surface area contributed by atoms with Gasteiger partial charge in [-0.3, -0.25) is 0 Å². The lowest BCUT2D eigenvalue weighted by atomic mass is 10.00. The number of benzene rings is 1. The summed E-state index contributed by atoms with van der Waals surface area (Å²) in [4.78, 5) is 4.61. The van der Waals surface area contributed by atoms with Crippen molar-refractivity contribution in [1.29, 1.82) is 0 Å². The number of hydrogen-bond acceptors (Lipinski definition) is 3. The summed E-state index contributed by atoms with van der Waals surface area (Å²) in [5.41, 5.74) is 11.8. The van der Waals surface area contributed by atoms with Crippen LogP contribution in [0.5, 0.6) is 5.75 Å². The first-order chi connectivity index (χ1) is 10.3. The molecule has 21 heavy (non-hydrogen) atoms. The molecule has 2 aliphatic rings. The Morgan fingerprint density at radius 2 is 2.14 bits per heavy atom. The Bertz CT molecular complexity index is 677. The van der Waals surface area contributed by atoms with Crippen LogP contribution in [-0.2, 0) is 19.3 Å². The smallest absolute Gasteiger partial charge is 0.119 e. The minimum atomic E-state index is 0.0235. The van der Waals surface area contributed by atoms with Gasteiger partial charge in [0.05, 0.1) is 31.2 Å². The van der Waals surface area contributed by atoms with Gasteiger partial charge in [-0.2, -0.15) is 0 Å². The van der Waals surface area contributed by atoms with E-state index in [0.29, 0.717) is 6.04 Å². The first-order valence-electron chi connectivity index (χ1n) is 7.75. The van der Waals surface area contributed by atoms with Crippen LogP contribution in [0, 0.1) is 0 Å². The number of imidazole rings is 1. The summed E-state index contributed by atoms with van der Waals surface area (Å²) in [5.74, 6) is 0.887. The molecule has 0 radical (unpaired) electrons. The highest BCUT2D eigenvalue weighted by Gasteiger charge is 2.33. The maximum absolute atomic E-state index is 6.53. The summed E-state index contributed by atoms with van der Waals surface area (Å²) < 4.78 is 7.67. The van der Waals surface area contributed by atoms with Gasteiger partial charge in [-0.25, -0.2) is 4.98 Å². The molecule has 0 spiro atoms. The van der Waals surface area contributed by atoms with Gasteiger partial charge in [0.15, 0.2) is 0 Å². The average Bonchev–Trinajstić information content (AvgIpc) is 3.08. The van der Waals surface area contributed by atoms with Crippen LogP contribution < -0.4 is 10.5 Å². The summed E-state index contributed by atoms with van der Waals surface area (Å²) in [6.45, 7) is 0. The molecule has 1 heterocycles. The molecule has 4 heteroatoms. The summed E-state index contributed by atoms with van der Waals surface area (Å²) in [7, 11) is 1.70. The van der Waals surface area contributed by atoms with Crippen LogP contribution in [0.2, 0.25) is 0 Å². The summed E-state index contributed by atoms with van der Waals surface area (Å²) in [6, 6.07) is 6.58. The van der Waals surface area contributed by atoms with E-state index in [1.54, 1.807) is 7.11 Å². The second-order valence-corrected chi connectivity index (χ2v) is 6.11. The second kappa shape index (κ2) is 4.88. The normalized spacial score (nSPS) is 23.7. The summed E-state index contributed by atoms with van der Waals surface area (Å²) in [5, 5.41) is 0. The van der Waals surface area contributed by atoms with E-state index in [1.807, 2.05) is 12.4 Å².